The number of hydrogen-bond acceptors (Lipinski definition) is 3. The monoisotopic (exact) mass is 222 g/mol. The third kappa shape index (κ3) is 3.20. The highest BCUT2D eigenvalue weighted by molar-refractivity contribution is 5.87. The smallest absolute Gasteiger partial charge is 0.338 e. The molecule has 88 valence electrons. The van der Waals surface area contributed by atoms with E-state index in [1.807, 2.05) is 6.08 Å². The lowest BCUT2D eigenvalue weighted by Crippen LogP contribution is -2.12. The molecule has 0 radical (unpaired) electrons. The highest BCUT2D eigenvalue weighted by atomic mass is 16.6. The Kier molecular flexibility index (Phi) is 3.44. The van der Waals surface area contributed by atoms with E-state index in [1.165, 1.54) is 0 Å². The van der Waals surface area contributed by atoms with Crippen molar-refractivity contribution in [2.75, 3.05) is 6.61 Å². The summed E-state index contributed by atoms with van der Waals surface area (Å²) in [6.07, 6.45) is 6.64. The Labute approximate surface area is 96.1 Å². The Morgan fingerprint density at radius 2 is 2.44 bits per heavy atom. The van der Waals surface area contributed by atoms with Crippen molar-refractivity contribution in [2.24, 2.45) is 5.92 Å². The van der Waals surface area contributed by atoms with Gasteiger partial charge >= 0.3 is 5.97 Å². The second-order valence-electron chi connectivity index (χ2n) is 4.67. The third-order valence-corrected chi connectivity index (χ3v) is 3.05. The number of esters is 1. The Bertz CT molecular complexity index is 326. The zero-order valence-corrected chi connectivity index (χ0v) is 9.70. The van der Waals surface area contributed by atoms with Crippen LogP contribution in [0.15, 0.2) is 24.0 Å². The Morgan fingerprint density at radius 1 is 1.69 bits per heavy atom. The van der Waals surface area contributed by atoms with Crippen molar-refractivity contribution in [1.82, 2.24) is 0 Å². The SMILES string of the molecule is C=C(C)C(=O)OC1=CCC(CC2CO2)CC1. The molecular formula is C13H18O3. The fourth-order valence-electron chi connectivity index (χ4n) is 1.95. The van der Waals surface area contributed by atoms with Gasteiger partial charge in [0.05, 0.1) is 12.7 Å². The molecule has 2 aliphatic rings. The molecule has 2 atom stereocenters. The first-order chi connectivity index (χ1) is 7.65. The predicted octanol–water partition coefficient (Wildman–Crippen LogP) is 2.58. The molecule has 0 amide bonds. The molecule has 2 unspecified atom stereocenters. The molecule has 0 spiro atoms. The van der Waals surface area contributed by atoms with Crippen molar-refractivity contribution >= 4 is 5.97 Å². The first-order valence-corrected chi connectivity index (χ1v) is 5.83. The number of carbonyl (C=O) groups excluding carboxylic acids is 1. The number of hydrogen-bond donors (Lipinski definition) is 0. The average molecular weight is 222 g/mol. The topological polar surface area (TPSA) is 38.8 Å². The second kappa shape index (κ2) is 4.83. The van der Waals surface area contributed by atoms with Gasteiger partial charge in [0.2, 0.25) is 0 Å². The van der Waals surface area contributed by atoms with Crippen LogP contribution in [-0.2, 0) is 14.3 Å². The fourth-order valence-corrected chi connectivity index (χ4v) is 1.95. The van der Waals surface area contributed by atoms with Crippen molar-refractivity contribution in [3.05, 3.63) is 24.0 Å². The fraction of sp³-hybridized carbons (Fsp3) is 0.615. The van der Waals surface area contributed by atoms with Crippen LogP contribution in [0.5, 0.6) is 0 Å². The molecule has 3 nitrogen and oxygen atoms in total. The number of carbonyl (C=O) groups is 1. The van der Waals surface area contributed by atoms with E-state index < -0.39 is 0 Å². The predicted molar refractivity (Wildman–Crippen MR) is 60.7 cm³/mol. The zero-order chi connectivity index (χ0) is 11.5. The van der Waals surface area contributed by atoms with Crippen molar-refractivity contribution < 1.29 is 14.3 Å². The molecule has 1 saturated heterocycles. The van der Waals surface area contributed by atoms with Gasteiger partial charge in [-0.1, -0.05) is 6.58 Å². The summed E-state index contributed by atoms with van der Waals surface area (Å²) in [6, 6.07) is 0. The molecule has 2 rings (SSSR count). The molecule has 3 heteroatoms. The van der Waals surface area contributed by atoms with E-state index in [9.17, 15) is 4.79 Å². The lowest BCUT2D eigenvalue weighted by Gasteiger charge is -2.20. The molecule has 0 saturated carbocycles. The van der Waals surface area contributed by atoms with Crippen molar-refractivity contribution in [3.63, 3.8) is 0 Å². The highest BCUT2D eigenvalue weighted by Gasteiger charge is 2.27. The maximum atomic E-state index is 11.3. The summed E-state index contributed by atoms with van der Waals surface area (Å²) in [5.41, 5.74) is 0.453. The van der Waals surface area contributed by atoms with Gasteiger partial charge in [-0.3, -0.25) is 0 Å². The van der Waals surface area contributed by atoms with Gasteiger partial charge in [-0.05, 0) is 38.2 Å². The van der Waals surface area contributed by atoms with E-state index in [-0.39, 0.29) is 5.97 Å². The van der Waals surface area contributed by atoms with Crippen molar-refractivity contribution in [2.45, 2.75) is 38.7 Å². The van der Waals surface area contributed by atoms with Crippen LogP contribution in [-0.4, -0.2) is 18.7 Å². The molecule has 1 aliphatic heterocycles. The maximum Gasteiger partial charge on any atom is 0.338 e. The van der Waals surface area contributed by atoms with Gasteiger partial charge in [-0.25, -0.2) is 4.79 Å². The molecule has 0 N–H and O–H groups in total. The minimum Gasteiger partial charge on any atom is -0.428 e. The van der Waals surface area contributed by atoms with Crippen LogP contribution in [0.25, 0.3) is 0 Å². The maximum absolute atomic E-state index is 11.3. The molecule has 0 aromatic heterocycles. The van der Waals surface area contributed by atoms with Crippen molar-refractivity contribution in [1.29, 1.82) is 0 Å². The van der Waals surface area contributed by atoms with E-state index in [1.54, 1.807) is 6.92 Å². The number of epoxide rings is 1. The van der Waals surface area contributed by atoms with Crippen LogP contribution in [0.1, 0.15) is 32.6 Å². The summed E-state index contributed by atoms with van der Waals surface area (Å²) in [5.74, 6) is 1.19. The molecule has 0 bridgehead atoms. The molecule has 16 heavy (non-hydrogen) atoms. The van der Waals surface area contributed by atoms with Gasteiger partial charge in [-0.15, -0.1) is 0 Å². The second-order valence-corrected chi connectivity index (χ2v) is 4.67. The Hall–Kier alpha value is -1.09. The lowest BCUT2D eigenvalue weighted by atomic mass is 9.89. The van der Waals surface area contributed by atoms with Crippen LogP contribution >= 0.6 is 0 Å². The van der Waals surface area contributed by atoms with Crippen LogP contribution in [0.2, 0.25) is 0 Å². The van der Waals surface area contributed by atoms with Crippen LogP contribution < -0.4 is 0 Å². The summed E-state index contributed by atoms with van der Waals surface area (Å²) in [6.45, 7) is 6.16. The Balaban J connectivity index is 1.78. The first-order valence-electron chi connectivity index (χ1n) is 5.83. The molecule has 1 fully saturated rings. The number of allylic oxidation sites excluding steroid dienone is 2. The third-order valence-electron chi connectivity index (χ3n) is 3.05. The highest BCUT2D eigenvalue weighted by Crippen LogP contribution is 2.31. The summed E-state index contributed by atoms with van der Waals surface area (Å²) >= 11 is 0. The lowest BCUT2D eigenvalue weighted by molar-refractivity contribution is -0.135. The minimum absolute atomic E-state index is 0.310. The normalized spacial score (nSPS) is 28.2. The largest absolute Gasteiger partial charge is 0.428 e. The summed E-state index contributed by atoms with van der Waals surface area (Å²) in [4.78, 5) is 11.3. The first kappa shape index (κ1) is 11.4. The van der Waals surface area contributed by atoms with E-state index in [4.69, 9.17) is 9.47 Å². The van der Waals surface area contributed by atoms with Gasteiger partial charge in [0.1, 0.15) is 5.76 Å². The minimum atomic E-state index is -0.310. The Morgan fingerprint density at radius 3 is 2.94 bits per heavy atom. The summed E-state index contributed by atoms with van der Waals surface area (Å²) in [5, 5.41) is 0. The van der Waals surface area contributed by atoms with Gasteiger partial charge in [0, 0.05) is 12.0 Å². The standard InChI is InChI=1S/C13H18O3/c1-9(2)13(14)16-11-5-3-10(4-6-11)7-12-8-15-12/h5,10,12H,1,3-4,6-8H2,2H3. The van der Waals surface area contributed by atoms with Gasteiger partial charge in [0.15, 0.2) is 0 Å². The van der Waals surface area contributed by atoms with E-state index in [2.05, 4.69) is 6.58 Å². The summed E-state index contributed by atoms with van der Waals surface area (Å²) < 4.78 is 10.4. The zero-order valence-electron chi connectivity index (χ0n) is 9.70. The average Bonchev–Trinajstić information content (AvgIpc) is 3.04. The van der Waals surface area contributed by atoms with Crippen LogP contribution in [0, 0.1) is 5.92 Å². The molecule has 0 aromatic carbocycles. The summed E-state index contributed by atoms with van der Waals surface area (Å²) in [7, 11) is 0. The quantitative estimate of drug-likeness (QED) is 0.417. The van der Waals surface area contributed by atoms with E-state index in [0.717, 1.165) is 38.0 Å². The van der Waals surface area contributed by atoms with Gasteiger partial charge in [0.25, 0.3) is 0 Å². The van der Waals surface area contributed by atoms with Crippen molar-refractivity contribution in [3.8, 4) is 0 Å². The molecule has 1 heterocycles. The molecule has 1 aliphatic carbocycles. The number of ether oxygens (including phenoxy) is 2. The number of rotatable bonds is 4. The van der Waals surface area contributed by atoms with Crippen LogP contribution in [0.3, 0.4) is 0 Å². The molecule has 0 aromatic rings. The molecular weight excluding hydrogens is 204 g/mol. The van der Waals surface area contributed by atoms with Gasteiger partial charge < -0.3 is 9.47 Å². The van der Waals surface area contributed by atoms with Crippen LogP contribution in [0.4, 0.5) is 0 Å². The van der Waals surface area contributed by atoms with E-state index in [0.29, 0.717) is 17.6 Å². The van der Waals surface area contributed by atoms with Gasteiger partial charge in [-0.2, -0.15) is 0 Å². The van der Waals surface area contributed by atoms with E-state index >= 15 is 0 Å².